The Morgan fingerprint density at radius 2 is 1.16 bits per heavy atom. The first-order chi connectivity index (χ1) is 28.4. The second kappa shape index (κ2) is 17.2. The number of aromatic nitrogens is 3. The van der Waals surface area contributed by atoms with Gasteiger partial charge in [-0.05, 0) is 75.6 Å². The first kappa shape index (κ1) is 38.2. The second-order valence-corrected chi connectivity index (χ2v) is 16.0. The van der Waals surface area contributed by atoms with Crippen molar-refractivity contribution < 1.29 is 18.5 Å². The molecule has 0 radical (unpaired) electrons. The minimum Gasteiger partial charge on any atom is -0.424 e. The van der Waals surface area contributed by atoms with Crippen molar-refractivity contribution in [2.75, 3.05) is 12.8 Å². The molecule has 1 atom stereocenters. The SMILES string of the molecule is CCOP(=O)(CCCn1cc(-c2ccc(C3C(c4ccccc4)=C(c4ccccc4)C(c4ccccc4)=C3c3ccccc3)cc2)nn1)Oc1ccc([N+](=O)[O-])cc1. The summed E-state index contributed by atoms with van der Waals surface area (Å²) in [5.41, 5.74) is 12.4. The smallest absolute Gasteiger partial charge is 0.379 e. The van der Waals surface area contributed by atoms with E-state index in [9.17, 15) is 14.7 Å². The molecule has 288 valence electrons. The average Bonchev–Trinajstić information content (AvgIpc) is 3.89. The Hall–Kier alpha value is -6.67. The summed E-state index contributed by atoms with van der Waals surface area (Å²) in [6.07, 6.45) is 2.47. The number of hydrogen-bond donors (Lipinski definition) is 0. The maximum atomic E-state index is 13.6. The van der Waals surface area contributed by atoms with Crippen LogP contribution in [0.4, 0.5) is 5.69 Å². The van der Waals surface area contributed by atoms with Gasteiger partial charge in [0.2, 0.25) is 0 Å². The lowest BCUT2D eigenvalue weighted by atomic mass is 9.81. The Labute approximate surface area is 337 Å². The van der Waals surface area contributed by atoms with Crippen LogP contribution in [-0.2, 0) is 15.6 Å². The number of nitro groups is 1. The molecule has 0 bridgehead atoms. The Balaban J connectivity index is 1.10. The second-order valence-electron chi connectivity index (χ2n) is 13.9. The van der Waals surface area contributed by atoms with Crippen LogP contribution >= 0.6 is 7.60 Å². The Kier molecular flexibility index (Phi) is 11.3. The van der Waals surface area contributed by atoms with E-state index < -0.39 is 12.5 Å². The van der Waals surface area contributed by atoms with Crippen LogP contribution in [0.15, 0.2) is 176 Å². The highest BCUT2D eigenvalue weighted by Crippen LogP contribution is 2.58. The van der Waals surface area contributed by atoms with Gasteiger partial charge in [0.05, 0.1) is 23.9 Å². The molecule has 1 aliphatic carbocycles. The van der Waals surface area contributed by atoms with Crippen molar-refractivity contribution >= 4 is 35.6 Å². The van der Waals surface area contributed by atoms with Gasteiger partial charge >= 0.3 is 7.60 Å². The summed E-state index contributed by atoms with van der Waals surface area (Å²) in [5, 5.41) is 19.9. The summed E-state index contributed by atoms with van der Waals surface area (Å²) in [4.78, 5) is 10.5. The van der Waals surface area contributed by atoms with Crippen LogP contribution in [0.3, 0.4) is 0 Å². The molecule has 1 heterocycles. The molecule has 1 unspecified atom stereocenters. The van der Waals surface area contributed by atoms with Crippen molar-refractivity contribution in [1.82, 2.24) is 15.0 Å². The average molecular weight is 785 g/mol. The van der Waals surface area contributed by atoms with Gasteiger partial charge in [-0.1, -0.05) is 151 Å². The fourth-order valence-corrected chi connectivity index (χ4v) is 9.28. The number of benzene rings is 6. The maximum Gasteiger partial charge on any atom is 0.379 e. The molecule has 0 amide bonds. The number of rotatable bonds is 15. The highest BCUT2D eigenvalue weighted by molar-refractivity contribution is 7.54. The third-order valence-electron chi connectivity index (χ3n) is 10.2. The number of nitrogens with zero attached hydrogens (tertiary/aromatic N) is 4. The first-order valence-electron chi connectivity index (χ1n) is 19.3. The summed E-state index contributed by atoms with van der Waals surface area (Å²) in [5.74, 6) is 0.172. The predicted octanol–water partition coefficient (Wildman–Crippen LogP) is 11.9. The quantitative estimate of drug-likeness (QED) is 0.0578. The molecule has 1 aromatic heterocycles. The van der Waals surface area contributed by atoms with Gasteiger partial charge in [0.15, 0.2) is 0 Å². The van der Waals surface area contributed by atoms with Crippen LogP contribution in [0.2, 0.25) is 0 Å². The van der Waals surface area contributed by atoms with Crippen molar-refractivity contribution in [3.63, 3.8) is 0 Å². The van der Waals surface area contributed by atoms with Gasteiger partial charge in [0.25, 0.3) is 5.69 Å². The zero-order valence-corrected chi connectivity index (χ0v) is 32.8. The van der Waals surface area contributed by atoms with Gasteiger partial charge in [-0.25, -0.2) is 4.57 Å². The van der Waals surface area contributed by atoms with Gasteiger partial charge in [-0.3, -0.25) is 14.8 Å². The van der Waals surface area contributed by atoms with Gasteiger partial charge < -0.3 is 9.05 Å². The fraction of sp³-hybridized carbons (Fsp3) is 0.125. The highest BCUT2D eigenvalue weighted by Gasteiger charge is 2.37. The summed E-state index contributed by atoms with van der Waals surface area (Å²) >= 11 is 0. The zero-order valence-electron chi connectivity index (χ0n) is 31.9. The lowest BCUT2D eigenvalue weighted by molar-refractivity contribution is -0.384. The Bertz CT molecular complexity index is 2510. The van der Waals surface area contributed by atoms with E-state index in [2.05, 4.69) is 156 Å². The van der Waals surface area contributed by atoms with E-state index in [-0.39, 0.29) is 30.1 Å². The summed E-state index contributed by atoms with van der Waals surface area (Å²) in [6, 6.07) is 56.9. The van der Waals surface area contributed by atoms with Gasteiger partial charge in [0.1, 0.15) is 11.4 Å². The van der Waals surface area contributed by atoms with Gasteiger partial charge in [-0.2, -0.15) is 0 Å². The van der Waals surface area contributed by atoms with E-state index in [1.807, 2.05) is 6.20 Å². The highest BCUT2D eigenvalue weighted by atomic mass is 31.2. The summed E-state index contributed by atoms with van der Waals surface area (Å²) < 4.78 is 26.6. The van der Waals surface area contributed by atoms with Crippen LogP contribution < -0.4 is 4.52 Å². The predicted molar refractivity (Wildman–Crippen MR) is 230 cm³/mol. The van der Waals surface area contributed by atoms with Crippen molar-refractivity contribution in [3.05, 3.63) is 214 Å². The molecule has 6 aromatic carbocycles. The molecule has 8 rings (SSSR count). The molecular formula is C48H41N4O5P. The molecule has 0 aliphatic heterocycles. The third kappa shape index (κ3) is 8.23. The molecule has 0 saturated carbocycles. The van der Waals surface area contributed by atoms with E-state index in [0.29, 0.717) is 13.0 Å². The molecular weight excluding hydrogens is 744 g/mol. The van der Waals surface area contributed by atoms with Crippen LogP contribution in [0.25, 0.3) is 33.5 Å². The number of non-ortho nitro benzene ring substituents is 1. The zero-order chi connectivity index (χ0) is 39.9. The standard InChI is InChI=1S/C48H41N4O5P/c1-2-56-58(55,57-42-30-28-41(29-31-42)52(53)54)33-15-32-51-34-43(49-50-51)35-24-26-40(27-25-35)48-46(38-20-11-5-12-21-38)44(36-16-7-3-8-17-36)45(37-18-9-4-10-19-37)47(48)39-22-13-6-14-23-39/h3-14,16-31,34,48H,2,15,32-33H2,1H3. The van der Waals surface area contributed by atoms with Crippen molar-refractivity contribution in [1.29, 1.82) is 0 Å². The Morgan fingerprint density at radius 3 is 1.64 bits per heavy atom. The lowest BCUT2D eigenvalue weighted by Crippen LogP contribution is -2.07. The van der Waals surface area contributed by atoms with Crippen LogP contribution in [0, 0.1) is 10.1 Å². The molecule has 0 saturated heterocycles. The van der Waals surface area contributed by atoms with E-state index >= 15 is 0 Å². The van der Waals surface area contributed by atoms with Crippen LogP contribution in [0.5, 0.6) is 5.75 Å². The van der Waals surface area contributed by atoms with Crippen LogP contribution in [-0.4, -0.2) is 32.7 Å². The number of aryl methyl sites for hydroxylation is 1. The van der Waals surface area contributed by atoms with Gasteiger partial charge in [0, 0.05) is 30.2 Å². The summed E-state index contributed by atoms with van der Waals surface area (Å²) in [6.45, 7) is 2.38. The minimum absolute atomic E-state index is 0.0748. The van der Waals surface area contributed by atoms with Crippen molar-refractivity contribution in [3.8, 4) is 17.0 Å². The molecule has 0 spiro atoms. The topological polar surface area (TPSA) is 109 Å². The van der Waals surface area contributed by atoms with E-state index in [1.165, 1.54) is 68.8 Å². The first-order valence-corrected chi connectivity index (χ1v) is 21.0. The van der Waals surface area contributed by atoms with Gasteiger partial charge in [-0.15, -0.1) is 5.10 Å². The minimum atomic E-state index is -3.53. The van der Waals surface area contributed by atoms with E-state index in [4.69, 9.17) is 9.05 Å². The monoisotopic (exact) mass is 784 g/mol. The molecule has 7 aromatic rings. The number of nitro benzene ring substituents is 1. The largest absolute Gasteiger partial charge is 0.424 e. The maximum absolute atomic E-state index is 13.6. The van der Waals surface area contributed by atoms with E-state index in [0.717, 1.165) is 16.8 Å². The lowest BCUT2D eigenvalue weighted by Gasteiger charge is -2.22. The summed E-state index contributed by atoms with van der Waals surface area (Å²) in [7, 11) is -3.53. The molecule has 9 nitrogen and oxygen atoms in total. The molecule has 0 fully saturated rings. The molecule has 10 heteroatoms. The molecule has 58 heavy (non-hydrogen) atoms. The third-order valence-corrected chi connectivity index (χ3v) is 12.2. The molecule has 1 aliphatic rings. The normalized spacial score (nSPS) is 14.1. The Morgan fingerprint density at radius 1 is 0.655 bits per heavy atom. The van der Waals surface area contributed by atoms with E-state index in [1.54, 1.807) is 11.6 Å². The van der Waals surface area contributed by atoms with Crippen LogP contribution in [0.1, 0.15) is 47.1 Å². The van der Waals surface area contributed by atoms with Crippen molar-refractivity contribution in [2.24, 2.45) is 0 Å². The van der Waals surface area contributed by atoms with Crippen molar-refractivity contribution in [2.45, 2.75) is 25.8 Å². The fourth-order valence-electron chi connectivity index (χ4n) is 7.64. The number of allylic oxidation sites excluding steroid dienone is 4. The molecule has 0 N–H and O–H groups in total. The number of hydrogen-bond acceptors (Lipinski definition) is 7.